The Bertz CT molecular complexity index is 707. The molecule has 126 valence electrons. The third-order valence-electron chi connectivity index (χ3n) is 3.29. The largest absolute Gasteiger partial charge is 0.493 e. The molecular weight excluding hydrogens is 368 g/mol. The number of nitrogens with one attached hydrogen (secondary N) is 1. The minimum absolute atomic E-state index is 0.248. The summed E-state index contributed by atoms with van der Waals surface area (Å²) in [5.74, 6) is 0.973. The first kappa shape index (κ1) is 18.2. The van der Waals surface area contributed by atoms with Crippen molar-refractivity contribution in [1.82, 2.24) is 5.43 Å². The van der Waals surface area contributed by atoms with Crippen molar-refractivity contribution in [2.24, 2.45) is 11.0 Å². The summed E-state index contributed by atoms with van der Waals surface area (Å²) in [4.78, 5) is 12.1. The van der Waals surface area contributed by atoms with Gasteiger partial charge in [0.25, 0.3) is 5.91 Å². The molecule has 5 heteroatoms. The standard InChI is InChI=1S/C19H21BrN2O2/c1-13(2)12-24-18-10-6-16(7-11-18)19(23)22-21-14(3)15-4-8-17(20)9-5-15/h4-11,13H,12H2,1-3H3,(H,22,23). The third kappa shape index (κ3) is 5.49. The Labute approximate surface area is 151 Å². The number of benzene rings is 2. The first-order valence-corrected chi connectivity index (χ1v) is 8.58. The molecular formula is C19H21BrN2O2. The van der Waals surface area contributed by atoms with Crippen LogP contribution in [0.1, 0.15) is 36.7 Å². The summed E-state index contributed by atoms with van der Waals surface area (Å²) in [6, 6.07) is 14.8. The summed E-state index contributed by atoms with van der Waals surface area (Å²) < 4.78 is 6.61. The Morgan fingerprint density at radius 1 is 1.08 bits per heavy atom. The highest BCUT2D eigenvalue weighted by molar-refractivity contribution is 9.10. The van der Waals surface area contributed by atoms with Crippen molar-refractivity contribution in [3.63, 3.8) is 0 Å². The van der Waals surface area contributed by atoms with Gasteiger partial charge in [0.15, 0.2) is 0 Å². The second-order valence-corrected chi connectivity index (χ2v) is 6.79. The maximum Gasteiger partial charge on any atom is 0.271 e. The highest BCUT2D eigenvalue weighted by atomic mass is 79.9. The Morgan fingerprint density at radius 3 is 2.25 bits per heavy atom. The van der Waals surface area contributed by atoms with E-state index in [1.807, 2.05) is 31.2 Å². The molecule has 4 nitrogen and oxygen atoms in total. The van der Waals surface area contributed by atoms with Gasteiger partial charge in [0.1, 0.15) is 5.75 Å². The molecule has 0 atom stereocenters. The smallest absolute Gasteiger partial charge is 0.271 e. The van der Waals surface area contributed by atoms with Crippen molar-refractivity contribution in [2.75, 3.05) is 6.61 Å². The van der Waals surface area contributed by atoms with E-state index in [1.54, 1.807) is 24.3 Å². The zero-order chi connectivity index (χ0) is 17.5. The SMILES string of the molecule is CC(=NNC(=O)c1ccc(OCC(C)C)cc1)c1ccc(Br)cc1. The van der Waals surface area contributed by atoms with Crippen molar-refractivity contribution in [1.29, 1.82) is 0 Å². The molecule has 0 aliphatic carbocycles. The van der Waals surface area contributed by atoms with E-state index in [0.717, 1.165) is 21.5 Å². The maximum atomic E-state index is 12.1. The molecule has 24 heavy (non-hydrogen) atoms. The lowest BCUT2D eigenvalue weighted by molar-refractivity contribution is 0.0955. The number of hydrazone groups is 1. The van der Waals surface area contributed by atoms with Crippen LogP contribution in [0.15, 0.2) is 58.1 Å². The summed E-state index contributed by atoms with van der Waals surface area (Å²) in [6.07, 6.45) is 0. The first-order chi connectivity index (χ1) is 11.5. The van der Waals surface area contributed by atoms with Gasteiger partial charge in [-0.3, -0.25) is 4.79 Å². The molecule has 1 N–H and O–H groups in total. The van der Waals surface area contributed by atoms with Crippen LogP contribution in [0.25, 0.3) is 0 Å². The van der Waals surface area contributed by atoms with Gasteiger partial charge < -0.3 is 4.74 Å². The highest BCUT2D eigenvalue weighted by Gasteiger charge is 2.06. The fourth-order valence-corrected chi connectivity index (χ4v) is 2.18. The summed E-state index contributed by atoms with van der Waals surface area (Å²) in [5.41, 5.74) is 4.82. The van der Waals surface area contributed by atoms with Crippen molar-refractivity contribution >= 4 is 27.5 Å². The quantitative estimate of drug-likeness (QED) is 0.578. The predicted molar refractivity (Wildman–Crippen MR) is 101 cm³/mol. The van der Waals surface area contributed by atoms with Crippen LogP contribution in [0.5, 0.6) is 5.75 Å². The molecule has 1 amide bonds. The van der Waals surface area contributed by atoms with Gasteiger partial charge in [-0.05, 0) is 54.8 Å². The van der Waals surface area contributed by atoms with Crippen molar-refractivity contribution in [2.45, 2.75) is 20.8 Å². The van der Waals surface area contributed by atoms with Crippen LogP contribution in [0, 0.1) is 5.92 Å². The number of ether oxygens (including phenoxy) is 1. The van der Waals surface area contributed by atoms with Gasteiger partial charge in [-0.25, -0.2) is 5.43 Å². The lowest BCUT2D eigenvalue weighted by Gasteiger charge is -2.09. The second kappa shape index (κ2) is 8.64. The molecule has 0 aliphatic rings. The van der Waals surface area contributed by atoms with Crippen LogP contribution in [-0.2, 0) is 0 Å². The van der Waals surface area contributed by atoms with Gasteiger partial charge in [0.2, 0.25) is 0 Å². The van der Waals surface area contributed by atoms with E-state index in [4.69, 9.17) is 4.74 Å². The van der Waals surface area contributed by atoms with E-state index < -0.39 is 0 Å². The molecule has 0 saturated heterocycles. The zero-order valence-corrected chi connectivity index (χ0v) is 15.6. The average Bonchev–Trinajstić information content (AvgIpc) is 2.58. The molecule has 0 heterocycles. The van der Waals surface area contributed by atoms with Gasteiger partial charge in [-0.1, -0.05) is 41.9 Å². The van der Waals surface area contributed by atoms with E-state index >= 15 is 0 Å². The Kier molecular flexibility index (Phi) is 6.55. The predicted octanol–water partition coefficient (Wildman–Crippen LogP) is 4.64. The number of nitrogens with zero attached hydrogens (tertiary/aromatic N) is 1. The zero-order valence-electron chi connectivity index (χ0n) is 14.0. The Balaban J connectivity index is 1.96. The second-order valence-electron chi connectivity index (χ2n) is 5.87. The molecule has 0 fully saturated rings. The van der Waals surface area contributed by atoms with Crippen LogP contribution in [0.2, 0.25) is 0 Å². The van der Waals surface area contributed by atoms with E-state index in [1.165, 1.54) is 0 Å². The van der Waals surface area contributed by atoms with Crippen molar-refractivity contribution in [3.05, 3.63) is 64.1 Å². The van der Waals surface area contributed by atoms with Crippen LogP contribution in [-0.4, -0.2) is 18.2 Å². The topological polar surface area (TPSA) is 50.7 Å². The first-order valence-electron chi connectivity index (χ1n) is 7.79. The fraction of sp³-hybridized carbons (Fsp3) is 0.263. The number of hydrogen-bond donors (Lipinski definition) is 1. The lowest BCUT2D eigenvalue weighted by atomic mass is 10.1. The van der Waals surface area contributed by atoms with E-state index in [0.29, 0.717) is 18.1 Å². The molecule has 0 radical (unpaired) electrons. The fourth-order valence-electron chi connectivity index (χ4n) is 1.92. The van der Waals surface area contributed by atoms with Crippen molar-refractivity contribution in [3.8, 4) is 5.75 Å². The van der Waals surface area contributed by atoms with Gasteiger partial charge >= 0.3 is 0 Å². The number of rotatable bonds is 6. The third-order valence-corrected chi connectivity index (χ3v) is 3.82. The van der Waals surface area contributed by atoms with Crippen LogP contribution < -0.4 is 10.2 Å². The lowest BCUT2D eigenvalue weighted by Crippen LogP contribution is -2.19. The summed E-state index contributed by atoms with van der Waals surface area (Å²) in [6.45, 7) is 6.69. The molecule has 2 aromatic rings. The molecule has 0 aromatic heterocycles. The summed E-state index contributed by atoms with van der Waals surface area (Å²) in [5, 5.41) is 4.15. The van der Waals surface area contributed by atoms with E-state index in [2.05, 4.69) is 40.3 Å². The molecule has 0 saturated carbocycles. The average molecular weight is 389 g/mol. The molecule has 0 spiro atoms. The van der Waals surface area contributed by atoms with Gasteiger partial charge in [-0.2, -0.15) is 5.10 Å². The molecule has 0 unspecified atom stereocenters. The van der Waals surface area contributed by atoms with Gasteiger partial charge in [-0.15, -0.1) is 0 Å². The van der Waals surface area contributed by atoms with Crippen LogP contribution in [0.3, 0.4) is 0 Å². The van der Waals surface area contributed by atoms with Gasteiger partial charge in [0.05, 0.1) is 12.3 Å². The molecule has 2 rings (SSSR count). The number of amides is 1. The monoisotopic (exact) mass is 388 g/mol. The normalized spacial score (nSPS) is 11.5. The molecule has 2 aromatic carbocycles. The number of carbonyl (C=O) groups is 1. The highest BCUT2D eigenvalue weighted by Crippen LogP contribution is 2.14. The van der Waals surface area contributed by atoms with Crippen molar-refractivity contribution < 1.29 is 9.53 Å². The van der Waals surface area contributed by atoms with E-state index in [9.17, 15) is 4.79 Å². The summed E-state index contributed by atoms with van der Waals surface area (Å²) in [7, 11) is 0. The number of halogens is 1. The Morgan fingerprint density at radius 2 is 1.67 bits per heavy atom. The van der Waals surface area contributed by atoms with E-state index in [-0.39, 0.29) is 5.91 Å². The number of hydrogen-bond acceptors (Lipinski definition) is 3. The van der Waals surface area contributed by atoms with Crippen LogP contribution >= 0.6 is 15.9 Å². The molecule has 0 bridgehead atoms. The maximum absolute atomic E-state index is 12.1. The summed E-state index contributed by atoms with van der Waals surface area (Å²) >= 11 is 3.39. The van der Waals surface area contributed by atoms with Gasteiger partial charge in [0, 0.05) is 10.0 Å². The number of carbonyl (C=O) groups excluding carboxylic acids is 1. The Hall–Kier alpha value is -2.14. The minimum Gasteiger partial charge on any atom is -0.493 e. The minimum atomic E-state index is -0.248. The molecule has 0 aliphatic heterocycles. The van der Waals surface area contributed by atoms with Crippen LogP contribution in [0.4, 0.5) is 0 Å².